The minimum atomic E-state index is -0.487. The summed E-state index contributed by atoms with van der Waals surface area (Å²) < 4.78 is 4.75. The number of nitrogens with zero attached hydrogens (tertiary/aromatic N) is 1. The number of ether oxygens (including phenoxy) is 1. The number of esters is 1. The van der Waals surface area contributed by atoms with Crippen LogP contribution in [-0.4, -0.2) is 25.2 Å². The van der Waals surface area contributed by atoms with Crippen LogP contribution in [0.25, 0.3) is 0 Å². The quantitative estimate of drug-likeness (QED) is 0.492. The van der Waals surface area contributed by atoms with Crippen LogP contribution in [0.2, 0.25) is 0 Å². The number of carbonyl (C=O) groups is 2. The van der Waals surface area contributed by atoms with Crippen molar-refractivity contribution in [1.82, 2.24) is 5.32 Å². The number of hydrogen-bond acceptors (Lipinski definition) is 4. The van der Waals surface area contributed by atoms with E-state index in [-0.39, 0.29) is 12.3 Å². The first-order valence-corrected chi connectivity index (χ1v) is 6.42. The molecular formula is C14H17ClN2O3. The lowest BCUT2D eigenvalue weighted by Crippen LogP contribution is -2.35. The van der Waals surface area contributed by atoms with Crippen LogP contribution in [0.5, 0.6) is 0 Å². The number of methoxy groups -OCH3 is 1. The Bertz CT molecular complexity index is 533. The fourth-order valence-electron chi connectivity index (χ4n) is 1.91. The smallest absolute Gasteiger partial charge is 0.336 e. The second kappa shape index (κ2) is 7.05. The maximum Gasteiger partial charge on any atom is 0.336 e. The molecule has 0 spiro atoms. The standard InChI is InChI=1S/C14H17ClN2O3/c1-5-11(15)16-7-8(2)10-6-12(18)17-9(3)13(10)14(19)20-4/h5,7,10H,2,6H2,1,3-4H3,(H,17,18)/b11-5-,16-7-/t10-/m0/s1. The van der Waals surface area contributed by atoms with Gasteiger partial charge >= 0.3 is 5.97 Å². The molecule has 0 aliphatic carbocycles. The second-order valence-corrected chi connectivity index (χ2v) is 4.67. The molecule has 1 aliphatic rings. The summed E-state index contributed by atoms with van der Waals surface area (Å²) >= 11 is 5.77. The number of allylic oxidation sites excluding steroid dienone is 3. The van der Waals surface area contributed by atoms with Crippen LogP contribution in [0.1, 0.15) is 20.3 Å². The summed E-state index contributed by atoms with van der Waals surface area (Å²) in [7, 11) is 1.30. The van der Waals surface area contributed by atoms with Gasteiger partial charge in [0.2, 0.25) is 5.91 Å². The topological polar surface area (TPSA) is 67.8 Å². The molecule has 1 aliphatic heterocycles. The highest BCUT2D eigenvalue weighted by Crippen LogP contribution is 2.29. The average molecular weight is 297 g/mol. The second-order valence-electron chi connectivity index (χ2n) is 4.28. The molecule has 1 amide bonds. The van der Waals surface area contributed by atoms with E-state index in [0.29, 0.717) is 22.0 Å². The molecule has 1 atom stereocenters. The number of halogens is 1. The summed E-state index contributed by atoms with van der Waals surface area (Å²) in [6.45, 7) is 7.27. The molecule has 0 unspecified atom stereocenters. The molecule has 0 aromatic heterocycles. The summed E-state index contributed by atoms with van der Waals surface area (Å²) in [6, 6.07) is 0. The van der Waals surface area contributed by atoms with Crippen LogP contribution in [0, 0.1) is 5.92 Å². The molecule has 1 rings (SSSR count). The lowest BCUT2D eigenvalue weighted by molar-refractivity contribution is -0.137. The molecule has 1 N–H and O–H groups in total. The van der Waals surface area contributed by atoms with Crippen LogP contribution in [0.15, 0.2) is 39.6 Å². The van der Waals surface area contributed by atoms with Crippen LogP contribution < -0.4 is 5.32 Å². The molecule has 0 saturated carbocycles. The third kappa shape index (κ3) is 3.81. The van der Waals surface area contributed by atoms with Gasteiger partial charge in [-0.1, -0.05) is 24.3 Å². The SMILES string of the molecule is C=C(/C=N\C(Cl)=C/C)[C@@H]1CC(=O)NC(C)=C1C(=O)OC. The van der Waals surface area contributed by atoms with E-state index in [2.05, 4.69) is 16.9 Å². The predicted octanol–water partition coefficient (Wildman–Crippen LogP) is 2.30. The van der Waals surface area contributed by atoms with E-state index in [1.165, 1.54) is 13.3 Å². The van der Waals surface area contributed by atoms with Gasteiger partial charge in [0.1, 0.15) is 5.16 Å². The van der Waals surface area contributed by atoms with Gasteiger partial charge < -0.3 is 10.1 Å². The first-order chi connectivity index (χ1) is 9.40. The van der Waals surface area contributed by atoms with Crippen molar-refractivity contribution in [2.24, 2.45) is 10.9 Å². The number of rotatable bonds is 4. The van der Waals surface area contributed by atoms with Crippen molar-refractivity contribution in [2.45, 2.75) is 20.3 Å². The fraction of sp³-hybridized carbons (Fsp3) is 0.357. The van der Waals surface area contributed by atoms with Gasteiger partial charge in [-0.15, -0.1) is 0 Å². The van der Waals surface area contributed by atoms with E-state index in [4.69, 9.17) is 16.3 Å². The number of amides is 1. The fourth-order valence-corrected chi connectivity index (χ4v) is 1.96. The van der Waals surface area contributed by atoms with E-state index in [1.807, 2.05) is 0 Å². The van der Waals surface area contributed by atoms with Gasteiger partial charge in [0.15, 0.2) is 0 Å². The van der Waals surface area contributed by atoms with Crippen molar-refractivity contribution in [3.8, 4) is 0 Å². The molecule has 0 fully saturated rings. The number of carbonyl (C=O) groups excluding carboxylic acids is 2. The highest BCUT2D eigenvalue weighted by molar-refractivity contribution is 6.29. The number of nitrogens with one attached hydrogen (secondary N) is 1. The van der Waals surface area contributed by atoms with E-state index in [1.54, 1.807) is 19.9 Å². The maximum atomic E-state index is 11.8. The van der Waals surface area contributed by atoms with Gasteiger partial charge in [-0.05, 0) is 19.4 Å². The Hall–Kier alpha value is -1.88. The first-order valence-electron chi connectivity index (χ1n) is 6.04. The average Bonchev–Trinajstić information content (AvgIpc) is 2.42. The summed E-state index contributed by atoms with van der Waals surface area (Å²) in [6.07, 6.45) is 3.21. The van der Waals surface area contributed by atoms with Crippen molar-refractivity contribution in [3.63, 3.8) is 0 Å². The van der Waals surface area contributed by atoms with Crippen molar-refractivity contribution in [1.29, 1.82) is 0 Å². The van der Waals surface area contributed by atoms with Gasteiger partial charge in [-0.3, -0.25) is 4.79 Å². The normalized spacial score (nSPS) is 20.1. The minimum Gasteiger partial charge on any atom is -0.466 e. The molecular weight excluding hydrogens is 280 g/mol. The molecule has 1 heterocycles. The highest BCUT2D eigenvalue weighted by atomic mass is 35.5. The maximum absolute atomic E-state index is 11.8. The number of hydrogen-bond donors (Lipinski definition) is 1. The van der Waals surface area contributed by atoms with Gasteiger partial charge in [-0.2, -0.15) is 0 Å². The Labute approximate surface area is 123 Å². The van der Waals surface area contributed by atoms with Gasteiger partial charge in [0, 0.05) is 24.3 Å². The molecule has 0 bridgehead atoms. The van der Waals surface area contributed by atoms with E-state index in [0.717, 1.165) is 0 Å². The Morgan fingerprint density at radius 1 is 1.60 bits per heavy atom. The van der Waals surface area contributed by atoms with Crippen molar-refractivity contribution in [3.05, 3.63) is 34.7 Å². The molecule has 0 radical (unpaired) electrons. The summed E-state index contributed by atoms with van der Waals surface area (Å²) in [5.41, 5.74) is 1.39. The third-order valence-corrected chi connectivity index (χ3v) is 3.23. The van der Waals surface area contributed by atoms with Gasteiger partial charge in [0.05, 0.1) is 12.7 Å². The Balaban J connectivity index is 3.09. The number of aliphatic imine (C=N–C) groups is 1. The lowest BCUT2D eigenvalue weighted by atomic mass is 9.85. The van der Waals surface area contributed by atoms with Crippen molar-refractivity contribution < 1.29 is 14.3 Å². The van der Waals surface area contributed by atoms with E-state index >= 15 is 0 Å². The predicted molar refractivity (Wildman–Crippen MR) is 78.2 cm³/mol. The summed E-state index contributed by atoms with van der Waals surface area (Å²) in [5.74, 6) is -1.12. The molecule has 0 aromatic carbocycles. The summed E-state index contributed by atoms with van der Waals surface area (Å²) in [4.78, 5) is 27.4. The van der Waals surface area contributed by atoms with Crippen LogP contribution in [0.3, 0.4) is 0 Å². The molecule has 0 saturated heterocycles. The zero-order valence-corrected chi connectivity index (χ0v) is 12.5. The lowest BCUT2D eigenvalue weighted by Gasteiger charge is -2.26. The Kier molecular flexibility index (Phi) is 5.70. The largest absolute Gasteiger partial charge is 0.466 e. The van der Waals surface area contributed by atoms with E-state index in [9.17, 15) is 9.59 Å². The highest BCUT2D eigenvalue weighted by Gasteiger charge is 2.32. The molecule has 108 valence electrons. The first kappa shape index (κ1) is 16.2. The Morgan fingerprint density at radius 3 is 2.80 bits per heavy atom. The molecule has 0 aromatic rings. The van der Waals surface area contributed by atoms with Gasteiger partial charge in [-0.25, -0.2) is 9.79 Å². The minimum absolute atomic E-state index is 0.125. The van der Waals surface area contributed by atoms with Crippen molar-refractivity contribution in [2.75, 3.05) is 7.11 Å². The monoisotopic (exact) mass is 296 g/mol. The Morgan fingerprint density at radius 2 is 2.25 bits per heavy atom. The molecule has 20 heavy (non-hydrogen) atoms. The zero-order valence-electron chi connectivity index (χ0n) is 11.7. The zero-order chi connectivity index (χ0) is 15.3. The molecule has 6 heteroatoms. The van der Waals surface area contributed by atoms with Crippen LogP contribution in [-0.2, 0) is 14.3 Å². The van der Waals surface area contributed by atoms with Crippen molar-refractivity contribution >= 4 is 29.7 Å². The van der Waals surface area contributed by atoms with Crippen LogP contribution >= 0.6 is 11.6 Å². The third-order valence-electron chi connectivity index (χ3n) is 2.91. The van der Waals surface area contributed by atoms with Crippen LogP contribution in [0.4, 0.5) is 0 Å². The van der Waals surface area contributed by atoms with Gasteiger partial charge in [0.25, 0.3) is 0 Å². The summed E-state index contributed by atoms with van der Waals surface area (Å²) in [5, 5.41) is 2.93. The van der Waals surface area contributed by atoms with E-state index < -0.39 is 11.9 Å². The molecule has 5 nitrogen and oxygen atoms in total.